The van der Waals surface area contributed by atoms with E-state index in [9.17, 15) is 9.59 Å². The molecule has 0 aliphatic carbocycles. The summed E-state index contributed by atoms with van der Waals surface area (Å²) < 4.78 is 5.16. The number of carbonyl (C=O) groups is 2. The number of hydrogen-bond donors (Lipinski definition) is 1. The summed E-state index contributed by atoms with van der Waals surface area (Å²) in [5.41, 5.74) is 1.40. The quantitative estimate of drug-likeness (QED) is 0.800. The van der Waals surface area contributed by atoms with Gasteiger partial charge in [-0.25, -0.2) is 4.79 Å². The third kappa shape index (κ3) is 1.86. The van der Waals surface area contributed by atoms with Gasteiger partial charge in [0.05, 0.1) is 11.1 Å². The molecule has 2 aromatic rings. The van der Waals surface area contributed by atoms with Gasteiger partial charge < -0.3 is 9.52 Å². The van der Waals surface area contributed by atoms with Crippen LogP contribution >= 0.6 is 0 Å². The molecule has 2 rings (SSSR count). The first-order valence-corrected chi connectivity index (χ1v) is 4.58. The van der Waals surface area contributed by atoms with Crippen LogP contribution in [0.3, 0.4) is 0 Å². The highest BCUT2D eigenvalue weighted by atomic mass is 16.4. The summed E-state index contributed by atoms with van der Waals surface area (Å²) in [6, 6.07) is 7.85. The maximum Gasteiger partial charge on any atom is 0.335 e. The summed E-state index contributed by atoms with van der Waals surface area (Å²) in [4.78, 5) is 21.1. The average molecular weight is 216 g/mol. The molecular formula is C12H8O4. The van der Waals surface area contributed by atoms with Gasteiger partial charge >= 0.3 is 5.97 Å². The second-order valence-corrected chi connectivity index (χ2v) is 3.24. The number of carboxylic acids is 1. The zero-order valence-electron chi connectivity index (χ0n) is 8.21. The van der Waals surface area contributed by atoms with E-state index in [1.165, 1.54) is 18.4 Å². The van der Waals surface area contributed by atoms with Crippen molar-refractivity contribution in [3.05, 3.63) is 47.7 Å². The zero-order chi connectivity index (χ0) is 11.5. The van der Waals surface area contributed by atoms with Crippen LogP contribution in [0.25, 0.3) is 11.3 Å². The molecular weight excluding hydrogens is 208 g/mol. The fraction of sp³-hybridized carbons (Fsp3) is 0. The Hall–Kier alpha value is -2.36. The molecule has 1 aromatic heterocycles. The second-order valence-electron chi connectivity index (χ2n) is 3.24. The van der Waals surface area contributed by atoms with Crippen LogP contribution in [-0.2, 0) is 0 Å². The van der Waals surface area contributed by atoms with Crippen molar-refractivity contribution in [2.75, 3.05) is 0 Å². The van der Waals surface area contributed by atoms with Crippen LogP contribution in [0.5, 0.6) is 0 Å². The lowest BCUT2D eigenvalue weighted by molar-refractivity contribution is 0.0696. The molecule has 16 heavy (non-hydrogen) atoms. The minimum absolute atomic E-state index is 0.214. The number of aromatic carboxylic acids is 1. The summed E-state index contributed by atoms with van der Waals surface area (Å²) in [5.74, 6) is -0.432. The summed E-state index contributed by atoms with van der Waals surface area (Å²) >= 11 is 0. The Morgan fingerprint density at radius 3 is 2.44 bits per heavy atom. The van der Waals surface area contributed by atoms with Crippen LogP contribution in [0.2, 0.25) is 0 Å². The second kappa shape index (κ2) is 4.02. The van der Waals surface area contributed by atoms with Gasteiger partial charge in [0, 0.05) is 5.56 Å². The van der Waals surface area contributed by atoms with Crippen molar-refractivity contribution in [2.45, 2.75) is 0 Å². The van der Waals surface area contributed by atoms with E-state index in [4.69, 9.17) is 9.52 Å². The standard InChI is InChI=1S/C12H8O4/c13-6-8-5-11(16-7-8)9-1-3-10(4-2-9)12(14)15/h1-7H,(H,14,15). The fourth-order valence-corrected chi connectivity index (χ4v) is 1.34. The van der Waals surface area contributed by atoms with Crippen LogP contribution in [-0.4, -0.2) is 17.4 Å². The highest BCUT2D eigenvalue weighted by Crippen LogP contribution is 2.21. The highest BCUT2D eigenvalue weighted by molar-refractivity contribution is 5.88. The number of rotatable bonds is 3. The third-order valence-electron chi connectivity index (χ3n) is 2.17. The maximum atomic E-state index is 10.6. The molecule has 4 nitrogen and oxygen atoms in total. The molecule has 0 bridgehead atoms. The minimum Gasteiger partial charge on any atom is -0.478 e. The van der Waals surface area contributed by atoms with Crippen molar-refractivity contribution < 1.29 is 19.1 Å². The summed E-state index contributed by atoms with van der Waals surface area (Å²) in [6.45, 7) is 0. The molecule has 0 fully saturated rings. The largest absolute Gasteiger partial charge is 0.478 e. The van der Waals surface area contributed by atoms with Crippen molar-refractivity contribution in [3.8, 4) is 11.3 Å². The van der Waals surface area contributed by atoms with Crippen molar-refractivity contribution in [1.29, 1.82) is 0 Å². The molecule has 0 unspecified atom stereocenters. The lowest BCUT2D eigenvalue weighted by Crippen LogP contribution is -1.94. The number of aldehydes is 1. The van der Waals surface area contributed by atoms with E-state index in [2.05, 4.69) is 0 Å². The lowest BCUT2D eigenvalue weighted by atomic mass is 10.1. The van der Waals surface area contributed by atoms with E-state index in [1.54, 1.807) is 18.2 Å². The van der Waals surface area contributed by atoms with E-state index in [1.807, 2.05) is 0 Å². The molecule has 1 aromatic carbocycles. The van der Waals surface area contributed by atoms with Gasteiger partial charge in [-0.2, -0.15) is 0 Å². The van der Waals surface area contributed by atoms with Gasteiger partial charge in [-0.3, -0.25) is 4.79 Å². The number of carbonyl (C=O) groups excluding carboxylic acids is 1. The molecule has 0 saturated heterocycles. The molecule has 80 valence electrons. The summed E-state index contributed by atoms with van der Waals surface area (Å²) in [7, 11) is 0. The van der Waals surface area contributed by atoms with Crippen LogP contribution in [0, 0.1) is 0 Å². The first-order valence-electron chi connectivity index (χ1n) is 4.58. The predicted octanol–water partition coefficient (Wildman–Crippen LogP) is 2.46. The highest BCUT2D eigenvalue weighted by Gasteiger charge is 2.06. The number of carboxylic acid groups (broad SMARTS) is 1. The first-order chi connectivity index (χ1) is 7.70. The first kappa shape index (κ1) is 10.2. The Balaban J connectivity index is 2.34. The van der Waals surface area contributed by atoms with Crippen LogP contribution in [0.4, 0.5) is 0 Å². The molecule has 1 heterocycles. The number of hydrogen-bond acceptors (Lipinski definition) is 3. The topological polar surface area (TPSA) is 67.5 Å². The van der Waals surface area contributed by atoms with Gasteiger partial charge in [-0.1, -0.05) is 12.1 Å². The molecule has 1 N–H and O–H groups in total. The third-order valence-corrected chi connectivity index (χ3v) is 2.17. The van der Waals surface area contributed by atoms with Gasteiger partial charge in [-0.15, -0.1) is 0 Å². The Morgan fingerprint density at radius 2 is 1.94 bits per heavy atom. The molecule has 0 atom stereocenters. The van der Waals surface area contributed by atoms with E-state index in [0.29, 0.717) is 17.6 Å². The smallest absolute Gasteiger partial charge is 0.335 e. The molecule has 0 amide bonds. The van der Waals surface area contributed by atoms with Crippen molar-refractivity contribution in [3.63, 3.8) is 0 Å². The number of furan rings is 1. The molecule has 0 saturated carbocycles. The van der Waals surface area contributed by atoms with Crippen LogP contribution < -0.4 is 0 Å². The van der Waals surface area contributed by atoms with Gasteiger partial charge in [-0.05, 0) is 18.2 Å². The molecule has 0 spiro atoms. The lowest BCUT2D eigenvalue weighted by Gasteiger charge is -1.97. The van der Waals surface area contributed by atoms with E-state index in [-0.39, 0.29) is 5.56 Å². The molecule has 0 aliphatic heterocycles. The Labute approximate surface area is 91.1 Å². The summed E-state index contributed by atoms with van der Waals surface area (Å²) in [6.07, 6.45) is 2.05. The normalized spacial score (nSPS) is 10.0. The van der Waals surface area contributed by atoms with Crippen molar-refractivity contribution in [1.82, 2.24) is 0 Å². The van der Waals surface area contributed by atoms with Crippen molar-refractivity contribution >= 4 is 12.3 Å². The van der Waals surface area contributed by atoms with E-state index >= 15 is 0 Å². The van der Waals surface area contributed by atoms with Crippen LogP contribution in [0.15, 0.2) is 41.0 Å². The van der Waals surface area contributed by atoms with E-state index < -0.39 is 5.97 Å². The van der Waals surface area contributed by atoms with Gasteiger partial charge in [0.15, 0.2) is 6.29 Å². The molecule has 4 heteroatoms. The molecule has 0 radical (unpaired) electrons. The van der Waals surface area contributed by atoms with Gasteiger partial charge in [0.1, 0.15) is 12.0 Å². The van der Waals surface area contributed by atoms with Gasteiger partial charge in [0.25, 0.3) is 0 Å². The van der Waals surface area contributed by atoms with E-state index in [0.717, 1.165) is 5.56 Å². The molecule has 0 aliphatic rings. The number of benzene rings is 1. The Kier molecular flexibility index (Phi) is 2.55. The van der Waals surface area contributed by atoms with Crippen molar-refractivity contribution in [2.24, 2.45) is 0 Å². The average Bonchev–Trinajstić information content (AvgIpc) is 2.77. The fourth-order valence-electron chi connectivity index (χ4n) is 1.34. The Bertz CT molecular complexity index is 522. The Morgan fingerprint density at radius 1 is 1.25 bits per heavy atom. The predicted molar refractivity (Wildman–Crippen MR) is 56.5 cm³/mol. The summed E-state index contributed by atoms with van der Waals surface area (Å²) in [5, 5.41) is 8.72. The SMILES string of the molecule is O=Cc1coc(-c2ccc(C(=O)O)cc2)c1. The zero-order valence-corrected chi connectivity index (χ0v) is 8.21. The van der Waals surface area contributed by atoms with Gasteiger partial charge in [0.2, 0.25) is 0 Å². The van der Waals surface area contributed by atoms with Crippen LogP contribution in [0.1, 0.15) is 20.7 Å². The maximum absolute atomic E-state index is 10.6. The minimum atomic E-state index is -0.973. The monoisotopic (exact) mass is 216 g/mol.